The van der Waals surface area contributed by atoms with Gasteiger partial charge in [-0.15, -0.1) is 0 Å². The summed E-state index contributed by atoms with van der Waals surface area (Å²) >= 11 is 0. The predicted molar refractivity (Wildman–Crippen MR) is 137 cm³/mol. The van der Waals surface area contributed by atoms with Gasteiger partial charge < -0.3 is 39.5 Å². The molecule has 3 aliphatic rings. The lowest BCUT2D eigenvalue weighted by molar-refractivity contribution is -0.522. The van der Waals surface area contributed by atoms with Crippen molar-refractivity contribution in [3.8, 4) is 0 Å². The highest BCUT2D eigenvalue weighted by Crippen LogP contribution is 2.66. The highest BCUT2D eigenvalue weighted by molar-refractivity contribution is 7.66. The number of nitro groups is 3. The highest BCUT2D eigenvalue weighted by Gasteiger charge is 2.71. The molecule has 30 heteroatoms. The summed E-state index contributed by atoms with van der Waals surface area (Å²) in [6.07, 6.45) is -3.71. The summed E-state index contributed by atoms with van der Waals surface area (Å²) < 4.78 is 65.3. The van der Waals surface area contributed by atoms with Crippen LogP contribution in [0.1, 0.15) is 6.23 Å². The molecule has 46 heavy (non-hydrogen) atoms. The second kappa shape index (κ2) is 11.5. The van der Waals surface area contributed by atoms with Gasteiger partial charge in [0.1, 0.15) is 30.2 Å². The van der Waals surface area contributed by atoms with Crippen molar-refractivity contribution in [3.63, 3.8) is 0 Å². The van der Waals surface area contributed by atoms with E-state index in [1.165, 1.54) is 0 Å². The van der Waals surface area contributed by atoms with Crippen molar-refractivity contribution in [2.45, 2.75) is 36.4 Å². The fraction of sp³-hybridized carbons (Fsp3) is 0.438. The number of nitrogens with two attached hydrogens (primary N) is 1. The Balaban J connectivity index is 1.53. The summed E-state index contributed by atoms with van der Waals surface area (Å²) in [5, 5.41) is 35.6. The van der Waals surface area contributed by atoms with E-state index in [1.807, 2.05) is 0 Å². The van der Waals surface area contributed by atoms with Gasteiger partial charge in [-0.3, -0.25) is 39.4 Å². The Morgan fingerprint density at radius 1 is 0.935 bits per heavy atom. The molecule has 2 aromatic heterocycles. The van der Waals surface area contributed by atoms with E-state index >= 15 is 0 Å². The monoisotopic (exact) mass is 718 g/mol. The van der Waals surface area contributed by atoms with Gasteiger partial charge in [-0.25, -0.2) is 28.6 Å². The fourth-order valence-corrected chi connectivity index (χ4v) is 7.75. The zero-order chi connectivity index (χ0) is 34.0. The fourth-order valence-electron chi connectivity index (χ4n) is 4.72. The number of nitrogen functional groups attached to an aromatic ring is 1. The zero-order valence-corrected chi connectivity index (χ0v) is 24.5. The van der Waals surface area contributed by atoms with Gasteiger partial charge in [0.25, 0.3) is 6.04 Å². The lowest BCUT2D eigenvalue weighted by Gasteiger charge is -2.28. The van der Waals surface area contributed by atoms with Gasteiger partial charge in [0.2, 0.25) is 0 Å². The molecule has 3 unspecified atom stereocenters. The van der Waals surface area contributed by atoms with Crippen LogP contribution in [0.15, 0.2) is 36.2 Å². The van der Waals surface area contributed by atoms with Crippen LogP contribution in [0.2, 0.25) is 0 Å². The van der Waals surface area contributed by atoms with Crippen molar-refractivity contribution < 1.29 is 75.4 Å². The van der Waals surface area contributed by atoms with Crippen molar-refractivity contribution in [1.82, 2.24) is 19.5 Å². The summed E-state index contributed by atoms with van der Waals surface area (Å²) in [6.45, 7) is -1.20. The number of rotatable bonds is 11. The van der Waals surface area contributed by atoms with E-state index in [0.717, 1.165) is 17.2 Å². The minimum Gasteiger partial charge on any atom is -0.382 e. The Morgan fingerprint density at radius 2 is 1.54 bits per heavy atom. The molecule has 2 fully saturated rings. The first-order chi connectivity index (χ1) is 21.2. The molecule has 6 N–H and O–H groups in total. The van der Waals surface area contributed by atoms with Gasteiger partial charge in [0.15, 0.2) is 17.7 Å². The lowest BCUT2D eigenvalue weighted by atomic mass is 9.99. The number of fused-ring (bicyclic) bond motifs is 2. The molecule has 1 aliphatic carbocycles. The van der Waals surface area contributed by atoms with Gasteiger partial charge in [-0.1, -0.05) is 0 Å². The number of ether oxygens (including phenoxy) is 3. The van der Waals surface area contributed by atoms with Crippen LogP contribution in [0.5, 0.6) is 0 Å². The standard InChI is InChI=1S/C16H17N8O19P3/c17-13-10-14(19-4-18-13)21(5-20-10)15-12-11(7(39-15)3-38-45(34,35)43-46(36,37)42-44(31,32)33)40-16(41-12)8(23(27)28)1-6(22(25)26)2-9(16)24(29)30/h1-2,4-7,11-12,15H,3H2,(H,34,35)(H,36,37)(H2,17,18,19)(H2,31,32,33)/t6?,7-,11?,12+,15-,16?/m1/s1. The van der Waals surface area contributed by atoms with Crippen molar-refractivity contribution >= 4 is 40.4 Å². The third-order valence-electron chi connectivity index (χ3n) is 6.34. The molecule has 2 aromatic rings. The minimum atomic E-state index is -5.94. The average molecular weight is 718 g/mol. The van der Waals surface area contributed by atoms with Gasteiger partial charge in [0.05, 0.1) is 34.9 Å². The normalized spacial score (nSPS) is 30.3. The Hall–Kier alpha value is -3.68. The maximum atomic E-state index is 12.4. The molecule has 0 radical (unpaired) electrons. The number of aromatic nitrogens is 4. The molecule has 27 nitrogen and oxygen atoms in total. The lowest BCUT2D eigenvalue weighted by Crippen LogP contribution is -2.47. The summed E-state index contributed by atoms with van der Waals surface area (Å²) in [4.78, 5) is 80.6. The van der Waals surface area contributed by atoms with Crippen LogP contribution in [0, 0.1) is 30.3 Å². The molecule has 1 spiro atoms. The number of phosphoric acid groups is 3. The van der Waals surface area contributed by atoms with Crippen LogP contribution in [0.4, 0.5) is 5.82 Å². The second-order valence-electron chi connectivity index (χ2n) is 9.21. The first-order valence-electron chi connectivity index (χ1n) is 11.8. The van der Waals surface area contributed by atoms with Gasteiger partial charge >= 0.3 is 40.6 Å². The van der Waals surface area contributed by atoms with E-state index < -0.39 is 92.6 Å². The van der Waals surface area contributed by atoms with Crippen molar-refractivity contribution in [2.24, 2.45) is 0 Å². The molecule has 0 saturated carbocycles. The van der Waals surface area contributed by atoms with E-state index in [1.54, 1.807) is 0 Å². The van der Waals surface area contributed by atoms with E-state index in [2.05, 4.69) is 28.1 Å². The Kier molecular flexibility index (Phi) is 8.44. The number of hydrogen-bond acceptors (Lipinski definition) is 19. The molecule has 5 rings (SSSR count). The molecular weight excluding hydrogens is 701 g/mol. The number of hydrogen-bond donors (Lipinski definition) is 5. The molecule has 6 atom stereocenters. The molecule has 0 bridgehead atoms. The summed E-state index contributed by atoms with van der Waals surface area (Å²) in [7, 11) is -17.4. The quantitative estimate of drug-likeness (QED) is 0.107. The Bertz CT molecular complexity index is 1810. The van der Waals surface area contributed by atoms with Crippen LogP contribution in [0.25, 0.3) is 11.2 Å². The van der Waals surface area contributed by atoms with Crippen LogP contribution < -0.4 is 5.73 Å². The second-order valence-corrected chi connectivity index (χ2v) is 13.6. The summed E-state index contributed by atoms with van der Waals surface area (Å²) in [5.74, 6) is -3.14. The van der Waals surface area contributed by atoms with Crippen molar-refractivity contribution in [2.75, 3.05) is 12.3 Å². The molecule has 2 aliphatic heterocycles. The Morgan fingerprint density at radius 3 is 2.11 bits per heavy atom. The maximum Gasteiger partial charge on any atom is 0.490 e. The van der Waals surface area contributed by atoms with Crippen LogP contribution in [-0.2, 0) is 41.1 Å². The van der Waals surface area contributed by atoms with Crippen LogP contribution in [-0.4, -0.2) is 90.6 Å². The first-order valence-corrected chi connectivity index (χ1v) is 16.3. The zero-order valence-electron chi connectivity index (χ0n) is 21.9. The van der Waals surface area contributed by atoms with E-state index in [9.17, 15) is 53.8 Å². The van der Waals surface area contributed by atoms with E-state index in [0.29, 0.717) is 12.2 Å². The number of imidazole rings is 1. The SMILES string of the molecule is Nc1ncnc2c1ncn2[C@@H]1O[C@H](COP(=O)(O)OP(=O)(O)OP(=O)(O)O)C2OC3(O[C@@H]21)C([N+](=O)[O-])=CC([N+](=O)[O-])C=C3[N+](=O)[O-]. The maximum absolute atomic E-state index is 12.4. The Labute approximate surface area is 251 Å². The highest BCUT2D eigenvalue weighted by atomic mass is 31.3. The van der Waals surface area contributed by atoms with E-state index in [-0.39, 0.29) is 17.0 Å². The molecule has 0 aromatic carbocycles. The summed E-state index contributed by atoms with van der Waals surface area (Å²) in [6, 6.07) is -2.05. The minimum absolute atomic E-state index is 0.0104. The largest absolute Gasteiger partial charge is 0.490 e. The van der Waals surface area contributed by atoms with Crippen molar-refractivity contribution in [3.05, 3.63) is 66.5 Å². The van der Waals surface area contributed by atoms with Crippen molar-refractivity contribution in [1.29, 1.82) is 0 Å². The predicted octanol–water partition coefficient (Wildman–Crippen LogP) is -0.890. The topological polar surface area (TPSA) is 387 Å². The van der Waals surface area contributed by atoms with E-state index in [4.69, 9.17) is 29.7 Å². The number of nitrogens with zero attached hydrogens (tertiary/aromatic N) is 7. The molecular formula is C16H17N8O19P3. The van der Waals surface area contributed by atoms with Crippen LogP contribution in [0.3, 0.4) is 0 Å². The number of anilines is 1. The summed E-state index contributed by atoms with van der Waals surface area (Å²) in [5.41, 5.74) is 3.22. The molecule has 250 valence electrons. The third-order valence-corrected chi connectivity index (χ3v) is 10.1. The first kappa shape index (κ1) is 33.7. The van der Waals surface area contributed by atoms with Gasteiger partial charge in [-0.05, 0) is 0 Å². The van der Waals surface area contributed by atoms with Gasteiger partial charge in [0, 0.05) is 4.92 Å². The molecule has 2 saturated heterocycles. The smallest absolute Gasteiger partial charge is 0.382 e. The number of phosphoric ester groups is 1. The third kappa shape index (κ3) is 6.32. The molecule has 0 amide bonds. The van der Waals surface area contributed by atoms with Crippen LogP contribution >= 0.6 is 23.5 Å². The molecule has 4 heterocycles. The van der Waals surface area contributed by atoms with Gasteiger partial charge in [-0.2, -0.15) is 8.62 Å². The average Bonchev–Trinajstić information content (AvgIpc) is 3.58.